The van der Waals surface area contributed by atoms with Crippen LogP contribution < -0.4 is 5.32 Å². The number of hydrogen-bond donors (Lipinski definition) is 1. The number of hydrogen-bond acceptors (Lipinski definition) is 4. The number of ether oxygens (including phenoxy) is 1. The molecule has 0 saturated carbocycles. The van der Waals surface area contributed by atoms with Crippen molar-refractivity contribution in [1.29, 1.82) is 0 Å². The molecule has 3 nitrogen and oxygen atoms in total. The Bertz CT molecular complexity index is 823. The highest BCUT2D eigenvalue weighted by Gasteiger charge is 2.17. The smallest absolute Gasteiger partial charge is 0.350 e. The molecule has 0 saturated heterocycles. The number of esters is 1. The van der Waals surface area contributed by atoms with E-state index in [1.54, 1.807) is 0 Å². The molecule has 3 rings (SSSR count). The van der Waals surface area contributed by atoms with E-state index in [1.165, 1.54) is 24.0 Å². The van der Waals surface area contributed by atoms with E-state index in [0.29, 0.717) is 11.4 Å². The summed E-state index contributed by atoms with van der Waals surface area (Å²) in [6, 6.07) is 20.4. The zero-order chi connectivity index (χ0) is 16.9. The van der Waals surface area contributed by atoms with Gasteiger partial charge in [-0.25, -0.2) is 4.79 Å². The molecule has 1 N–H and O–H groups in total. The molecule has 0 bridgehead atoms. The van der Waals surface area contributed by atoms with Gasteiger partial charge in [-0.05, 0) is 24.1 Å². The Balaban J connectivity index is 1.89. The van der Waals surface area contributed by atoms with E-state index >= 15 is 0 Å². The van der Waals surface area contributed by atoms with Gasteiger partial charge >= 0.3 is 5.97 Å². The Morgan fingerprint density at radius 1 is 1.08 bits per heavy atom. The molecule has 122 valence electrons. The quantitative estimate of drug-likeness (QED) is 0.657. The SMILES string of the molecule is COC(=O)c1sc(-c2ccc(C)cc2)cc1NCc1ccccc1. The first kappa shape index (κ1) is 16.3. The molecule has 0 atom stereocenters. The van der Waals surface area contributed by atoms with E-state index in [-0.39, 0.29) is 5.97 Å². The van der Waals surface area contributed by atoms with Gasteiger partial charge in [-0.2, -0.15) is 0 Å². The van der Waals surface area contributed by atoms with E-state index in [4.69, 9.17) is 4.74 Å². The number of methoxy groups -OCH3 is 1. The largest absolute Gasteiger partial charge is 0.465 e. The predicted molar refractivity (Wildman–Crippen MR) is 99.6 cm³/mol. The molecule has 0 aliphatic carbocycles. The first-order valence-corrected chi connectivity index (χ1v) is 8.56. The van der Waals surface area contributed by atoms with E-state index < -0.39 is 0 Å². The van der Waals surface area contributed by atoms with Crippen LogP contribution in [0.15, 0.2) is 60.7 Å². The third-order valence-corrected chi connectivity index (χ3v) is 4.93. The molecule has 0 aliphatic heterocycles. The number of carbonyl (C=O) groups excluding carboxylic acids is 1. The number of carbonyl (C=O) groups is 1. The standard InChI is InChI=1S/C20H19NO2S/c1-14-8-10-16(11-9-14)18-12-17(19(24-18)20(22)23-2)21-13-15-6-4-3-5-7-15/h3-12,21H,13H2,1-2H3. The number of benzene rings is 2. The molecule has 0 fully saturated rings. The second-order valence-corrected chi connectivity index (χ2v) is 6.60. The number of thiophene rings is 1. The molecular formula is C20H19NO2S. The van der Waals surface area contributed by atoms with Crippen LogP contribution in [0.3, 0.4) is 0 Å². The summed E-state index contributed by atoms with van der Waals surface area (Å²) >= 11 is 1.45. The lowest BCUT2D eigenvalue weighted by Gasteiger charge is -2.06. The molecular weight excluding hydrogens is 318 g/mol. The summed E-state index contributed by atoms with van der Waals surface area (Å²) in [5.41, 5.74) is 4.29. The molecule has 3 aromatic rings. The van der Waals surface area contributed by atoms with Crippen LogP contribution in [0.1, 0.15) is 20.8 Å². The van der Waals surface area contributed by atoms with Gasteiger partial charge in [0.25, 0.3) is 0 Å². The van der Waals surface area contributed by atoms with Crippen LogP contribution in [0, 0.1) is 6.92 Å². The van der Waals surface area contributed by atoms with Gasteiger partial charge in [-0.1, -0.05) is 60.2 Å². The highest BCUT2D eigenvalue weighted by Crippen LogP contribution is 2.35. The van der Waals surface area contributed by atoms with Gasteiger partial charge in [0.15, 0.2) is 0 Å². The fourth-order valence-corrected chi connectivity index (χ4v) is 3.48. The Labute approximate surface area is 145 Å². The average Bonchev–Trinajstić information content (AvgIpc) is 3.05. The third-order valence-electron chi connectivity index (χ3n) is 3.76. The summed E-state index contributed by atoms with van der Waals surface area (Å²) < 4.78 is 4.93. The molecule has 4 heteroatoms. The highest BCUT2D eigenvalue weighted by atomic mass is 32.1. The molecule has 1 heterocycles. The van der Waals surface area contributed by atoms with Gasteiger partial charge in [-0.3, -0.25) is 0 Å². The molecule has 0 aliphatic rings. The van der Waals surface area contributed by atoms with Gasteiger partial charge in [0.2, 0.25) is 0 Å². The minimum absolute atomic E-state index is 0.311. The Morgan fingerprint density at radius 3 is 2.46 bits per heavy atom. The second-order valence-electron chi connectivity index (χ2n) is 5.55. The maximum atomic E-state index is 12.1. The van der Waals surface area contributed by atoms with Crippen molar-refractivity contribution < 1.29 is 9.53 Å². The lowest BCUT2D eigenvalue weighted by molar-refractivity contribution is 0.0607. The van der Waals surface area contributed by atoms with Crippen LogP contribution in [0.25, 0.3) is 10.4 Å². The van der Waals surface area contributed by atoms with Crippen molar-refractivity contribution >= 4 is 23.0 Å². The zero-order valence-electron chi connectivity index (χ0n) is 13.7. The van der Waals surface area contributed by atoms with Crippen molar-refractivity contribution in [2.24, 2.45) is 0 Å². The lowest BCUT2D eigenvalue weighted by Crippen LogP contribution is -2.05. The summed E-state index contributed by atoms with van der Waals surface area (Å²) in [5, 5.41) is 3.36. The first-order valence-electron chi connectivity index (χ1n) is 7.74. The predicted octanol–water partition coefficient (Wildman–Crippen LogP) is 5.12. The van der Waals surface area contributed by atoms with Crippen LogP contribution in [0.5, 0.6) is 0 Å². The normalized spacial score (nSPS) is 10.4. The van der Waals surface area contributed by atoms with Crippen LogP contribution in [0.4, 0.5) is 5.69 Å². The first-order chi connectivity index (χ1) is 11.7. The lowest BCUT2D eigenvalue weighted by atomic mass is 10.1. The van der Waals surface area contributed by atoms with Gasteiger partial charge in [-0.15, -0.1) is 11.3 Å². The Kier molecular flexibility index (Phi) is 4.96. The summed E-state index contributed by atoms with van der Waals surface area (Å²) in [6.07, 6.45) is 0. The van der Waals surface area contributed by atoms with Crippen molar-refractivity contribution in [2.75, 3.05) is 12.4 Å². The minimum Gasteiger partial charge on any atom is -0.465 e. The number of rotatable bonds is 5. The molecule has 24 heavy (non-hydrogen) atoms. The van der Waals surface area contributed by atoms with E-state index in [9.17, 15) is 4.79 Å². The van der Waals surface area contributed by atoms with Gasteiger partial charge in [0, 0.05) is 11.4 Å². The van der Waals surface area contributed by atoms with Crippen molar-refractivity contribution in [3.05, 3.63) is 76.7 Å². The van der Waals surface area contributed by atoms with Crippen molar-refractivity contribution in [1.82, 2.24) is 0 Å². The molecule has 2 aromatic carbocycles. The molecule has 0 spiro atoms. The van der Waals surface area contributed by atoms with E-state index in [1.807, 2.05) is 24.3 Å². The maximum absolute atomic E-state index is 12.1. The summed E-state index contributed by atoms with van der Waals surface area (Å²) in [7, 11) is 1.41. The summed E-state index contributed by atoms with van der Waals surface area (Å²) in [4.78, 5) is 13.7. The molecule has 1 aromatic heterocycles. The van der Waals surface area contributed by atoms with Crippen LogP contribution in [-0.4, -0.2) is 13.1 Å². The maximum Gasteiger partial charge on any atom is 0.350 e. The minimum atomic E-state index is -0.311. The summed E-state index contributed by atoms with van der Waals surface area (Å²) in [6.45, 7) is 2.72. The molecule has 0 amide bonds. The van der Waals surface area contributed by atoms with Crippen LogP contribution in [-0.2, 0) is 11.3 Å². The van der Waals surface area contributed by atoms with Crippen molar-refractivity contribution in [3.63, 3.8) is 0 Å². The topological polar surface area (TPSA) is 38.3 Å². The van der Waals surface area contributed by atoms with E-state index in [0.717, 1.165) is 21.7 Å². The Morgan fingerprint density at radius 2 is 1.79 bits per heavy atom. The second kappa shape index (κ2) is 7.32. The van der Waals surface area contributed by atoms with Crippen molar-refractivity contribution in [2.45, 2.75) is 13.5 Å². The fraction of sp³-hybridized carbons (Fsp3) is 0.150. The van der Waals surface area contributed by atoms with Crippen molar-refractivity contribution in [3.8, 4) is 10.4 Å². The monoisotopic (exact) mass is 337 g/mol. The number of anilines is 1. The summed E-state index contributed by atoms with van der Waals surface area (Å²) in [5.74, 6) is -0.311. The Hall–Kier alpha value is -2.59. The third kappa shape index (κ3) is 3.66. The number of aryl methyl sites for hydroxylation is 1. The fourth-order valence-electron chi connectivity index (χ4n) is 2.42. The highest BCUT2D eigenvalue weighted by molar-refractivity contribution is 7.18. The zero-order valence-corrected chi connectivity index (χ0v) is 14.5. The van der Waals surface area contributed by atoms with E-state index in [2.05, 4.69) is 48.6 Å². The van der Waals surface area contributed by atoms with Gasteiger partial charge in [0.05, 0.1) is 12.8 Å². The van der Waals surface area contributed by atoms with Gasteiger partial charge in [0.1, 0.15) is 4.88 Å². The average molecular weight is 337 g/mol. The molecule has 0 unspecified atom stereocenters. The molecule has 0 radical (unpaired) electrons. The van der Waals surface area contributed by atoms with Gasteiger partial charge < -0.3 is 10.1 Å². The number of nitrogens with one attached hydrogen (secondary N) is 1. The van der Waals surface area contributed by atoms with Crippen LogP contribution in [0.2, 0.25) is 0 Å². The van der Waals surface area contributed by atoms with Crippen LogP contribution >= 0.6 is 11.3 Å².